The van der Waals surface area contributed by atoms with Crippen LogP contribution in [0.25, 0.3) is 0 Å². The Morgan fingerprint density at radius 2 is 1.69 bits per heavy atom. The molecule has 164 valence electrons. The molecule has 1 aliphatic heterocycles. The Bertz CT molecular complexity index is 1120. The van der Waals surface area contributed by atoms with Crippen molar-refractivity contribution in [1.82, 2.24) is 5.32 Å². The lowest BCUT2D eigenvalue weighted by Gasteiger charge is -2.34. The van der Waals surface area contributed by atoms with E-state index in [1.165, 1.54) is 14.2 Å². The lowest BCUT2D eigenvalue weighted by Crippen LogP contribution is -2.50. The lowest BCUT2D eigenvalue weighted by molar-refractivity contribution is -0.127. The Balaban J connectivity index is 1.57. The van der Waals surface area contributed by atoms with E-state index in [1.54, 1.807) is 35.2 Å². The van der Waals surface area contributed by atoms with Crippen molar-refractivity contribution >= 4 is 17.5 Å². The van der Waals surface area contributed by atoms with Gasteiger partial charge in [-0.05, 0) is 35.9 Å². The number of anilines is 1. The number of nitrogens with zero attached hydrogens (tertiary/aromatic N) is 1. The third-order valence-electron chi connectivity index (χ3n) is 5.25. The van der Waals surface area contributed by atoms with E-state index < -0.39 is 6.10 Å². The van der Waals surface area contributed by atoms with Gasteiger partial charge in [0.25, 0.3) is 11.8 Å². The monoisotopic (exact) mass is 432 g/mol. The van der Waals surface area contributed by atoms with Gasteiger partial charge in [-0.15, -0.1) is 0 Å². The number of carbonyl (C=O) groups excluding carboxylic acids is 2. The molecular formula is C25H24N2O5. The molecule has 1 unspecified atom stereocenters. The van der Waals surface area contributed by atoms with Crippen LogP contribution in [-0.2, 0) is 11.3 Å². The van der Waals surface area contributed by atoms with Crippen molar-refractivity contribution in [2.45, 2.75) is 12.6 Å². The van der Waals surface area contributed by atoms with Crippen LogP contribution < -0.4 is 24.4 Å². The molecule has 0 radical (unpaired) electrons. The van der Waals surface area contributed by atoms with Gasteiger partial charge in [0.1, 0.15) is 5.75 Å². The number of nitrogens with one attached hydrogen (secondary N) is 1. The molecule has 0 aliphatic carbocycles. The van der Waals surface area contributed by atoms with E-state index >= 15 is 0 Å². The van der Waals surface area contributed by atoms with Crippen molar-refractivity contribution in [1.29, 1.82) is 0 Å². The van der Waals surface area contributed by atoms with Gasteiger partial charge in [0.05, 0.1) is 26.5 Å². The maximum Gasteiger partial charge on any atom is 0.263 e. The van der Waals surface area contributed by atoms with Crippen molar-refractivity contribution in [3.63, 3.8) is 0 Å². The van der Waals surface area contributed by atoms with E-state index in [0.29, 0.717) is 35.0 Å². The van der Waals surface area contributed by atoms with Crippen LogP contribution in [0.4, 0.5) is 5.69 Å². The zero-order valence-corrected chi connectivity index (χ0v) is 17.9. The molecule has 1 atom stereocenters. The van der Waals surface area contributed by atoms with E-state index in [1.807, 2.05) is 42.5 Å². The summed E-state index contributed by atoms with van der Waals surface area (Å²) in [6, 6.07) is 21.8. The fourth-order valence-corrected chi connectivity index (χ4v) is 3.59. The maximum absolute atomic E-state index is 13.4. The molecule has 0 bridgehead atoms. The molecule has 1 aliphatic rings. The summed E-state index contributed by atoms with van der Waals surface area (Å²) >= 11 is 0. The summed E-state index contributed by atoms with van der Waals surface area (Å²) in [6.07, 6.45) is -0.835. The molecule has 3 aromatic carbocycles. The molecule has 0 spiro atoms. The summed E-state index contributed by atoms with van der Waals surface area (Å²) in [6.45, 7) is 0.468. The zero-order chi connectivity index (χ0) is 22.5. The number of rotatable bonds is 6. The number of para-hydroxylation sites is 2. The molecule has 1 N–H and O–H groups in total. The van der Waals surface area contributed by atoms with Crippen molar-refractivity contribution < 1.29 is 23.8 Å². The van der Waals surface area contributed by atoms with E-state index in [4.69, 9.17) is 14.2 Å². The smallest absolute Gasteiger partial charge is 0.263 e. The molecule has 2 amide bonds. The van der Waals surface area contributed by atoms with Crippen LogP contribution in [-0.4, -0.2) is 38.7 Å². The van der Waals surface area contributed by atoms with Crippen molar-refractivity contribution in [2.24, 2.45) is 0 Å². The Hall–Kier alpha value is -4.00. The van der Waals surface area contributed by atoms with Gasteiger partial charge in [-0.25, -0.2) is 0 Å². The molecule has 7 heteroatoms. The summed E-state index contributed by atoms with van der Waals surface area (Å²) in [7, 11) is 3.06. The number of ether oxygens (including phenoxy) is 3. The Morgan fingerprint density at radius 1 is 0.969 bits per heavy atom. The van der Waals surface area contributed by atoms with Gasteiger partial charge in [-0.3, -0.25) is 9.59 Å². The standard InChI is InChI=1S/C25H24N2O5/c1-30-21-13-12-18(14-22(21)31-2)25(29)27-16-23(32-20-11-7-6-10-19(20)27)24(28)26-15-17-8-4-3-5-9-17/h3-14,23H,15-16H2,1-2H3,(H,26,28). The third kappa shape index (κ3) is 4.37. The van der Waals surface area contributed by atoms with Crippen molar-refractivity contribution in [3.05, 3.63) is 83.9 Å². The minimum atomic E-state index is -0.835. The number of carbonyl (C=O) groups is 2. The summed E-state index contributed by atoms with van der Waals surface area (Å²) in [4.78, 5) is 27.8. The quantitative estimate of drug-likeness (QED) is 0.646. The molecule has 4 rings (SSSR count). The Labute approximate surface area is 186 Å². The van der Waals surface area contributed by atoms with E-state index in [9.17, 15) is 9.59 Å². The lowest BCUT2D eigenvalue weighted by atomic mass is 10.1. The van der Waals surface area contributed by atoms with Crippen LogP contribution in [0.1, 0.15) is 15.9 Å². The second-order valence-electron chi connectivity index (χ2n) is 7.26. The fraction of sp³-hybridized carbons (Fsp3) is 0.200. The van der Waals surface area contributed by atoms with E-state index in [-0.39, 0.29) is 18.4 Å². The topological polar surface area (TPSA) is 77.1 Å². The van der Waals surface area contributed by atoms with Gasteiger partial charge in [0.15, 0.2) is 17.6 Å². The van der Waals surface area contributed by atoms with Crippen molar-refractivity contribution in [3.8, 4) is 17.2 Å². The minimum Gasteiger partial charge on any atom is -0.493 e. The molecule has 1 heterocycles. The normalized spacial score (nSPS) is 14.7. The summed E-state index contributed by atoms with van der Waals surface area (Å²) < 4.78 is 16.5. The molecule has 32 heavy (non-hydrogen) atoms. The van der Waals surface area contributed by atoms with Gasteiger partial charge in [0, 0.05) is 12.1 Å². The zero-order valence-electron chi connectivity index (χ0n) is 17.9. The molecule has 0 aromatic heterocycles. The van der Waals surface area contributed by atoms with Crippen LogP contribution in [0.5, 0.6) is 17.2 Å². The average Bonchev–Trinajstić information content (AvgIpc) is 2.86. The SMILES string of the molecule is COc1ccc(C(=O)N2CC(C(=O)NCc3ccccc3)Oc3ccccc32)cc1OC. The van der Waals surface area contributed by atoms with E-state index in [0.717, 1.165) is 5.56 Å². The highest BCUT2D eigenvalue weighted by Gasteiger charge is 2.34. The number of amides is 2. The highest BCUT2D eigenvalue weighted by molar-refractivity contribution is 6.08. The predicted octanol–water partition coefficient (Wildman–Crippen LogP) is 3.43. The van der Waals surface area contributed by atoms with Gasteiger partial charge in [0.2, 0.25) is 0 Å². The number of benzene rings is 3. The van der Waals surface area contributed by atoms with Gasteiger partial charge >= 0.3 is 0 Å². The Kier molecular flexibility index (Phi) is 6.26. The highest BCUT2D eigenvalue weighted by Crippen LogP contribution is 2.35. The summed E-state index contributed by atoms with van der Waals surface area (Å²) in [5.74, 6) is 0.921. The number of hydrogen-bond donors (Lipinski definition) is 1. The Morgan fingerprint density at radius 3 is 2.44 bits per heavy atom. The third-order valence-corrected chi connectivity index (χ3v) is 5.25. The predicted molar refractivity (Wildman–Crippen MR) is 120 cm³/mol. The molecule has 7 nitrogen and oxygen atoms in total. The van der Waals surface area contributed by atoms with Crippen LogP contribution in [0.3, 0.4) is 0 Å². The fourth-order valence-electron chi connectivity index (χ4n) is 3.59. The van der Waals surface area contributed by atoms with Crippen molar-refractivity contribution in [2.75, 3.05) is 25.7 Å². The van der Waals surface area contributed by atoms with Gasteiger partial charge in [-0.1, -0.05) is 42.5 Å². The van der Waals surface area contributed by atoms with Crippen LogP contribution in [0.2, 0.25) is 0 Å². The maximum atomic E-state index is 13.4. The minimum absolute atomic E-state index is 0.0881. The molecular weight excluding hydrogens is 408 g/mol. The van der Waals surface area contributed by atoms with E-state index in [2.05, 4.69) is 5.32 Å². The summed E-state index contributed by atoms with van der Waals surface area (Å²) in [5.41, 5.74) is 2.01. The molecule has 0 saturated heterocycles. The number of methoxy groups -OCH3 is 2. The molecule has 3 aromatic rings. The molecule has 0 saturated carbocycles. The first-order valence-corrected chi connectivity index (χ1v) is 10.2. The van der Waals surface area contributed by atoms with Gasteiger partial charge in [-0.2, -0.15) is 0 Å². The first-order valence-electron chi connectivity index (χ1n) is 10.2. The van der Waals surface area contributed by atoms with Crippen LogP contribution in [0, 0.1) is 0 Å². The summed E-state index contributed by atoms with van der Waals surface area (Å²) in [5, 5.41) is 2.89. The van der Waals surface area contributed by atoms with Crippen LogP contribution >= 0.6 is 0 Å². The second kappa shape index (κ2) is 9.43. The first kappa shape index (κ1) is 21.2. The first-order chi connectivity index (χ1) is 15.6. The average molecular weight is 432 g/mol. The largest absolute Gasteiger partial charge is 0.493 e. The van der Waals surface area contributed by atoms with Crippen LogP contribution in [0.15, 0.2) is 72.8 Å². The number of hydrogen-bond acceptors (Lipinski definition) is 5. The van der Waals surface area contributed by atoms with Gasteiger partial charge < -0.3 is 24.4 Å². The number of fused-ring (bicyclic) bond motifs is 1. The highest BCUT2D eigenvalue weighted by atomic mass is 16.5. The second-order valence-corrected chi connectivity index (χ2v) is 7.26. The molecule has 0 fully saturated rings.